The minimum absolute atomic E-state index is 0.649. The van der Waals surface area contributed by atoms with Crippen LogP contribution in [0.15, 0.2) is 30.3 Å². The van der Waals surface area contributed by atoms with Gasteiger partial charge in [0.25, 0.3) is 0 Å². The Morgan fingerprint density at radius 3 is 2.44 bits per heavy atom. The highest BCUT2D eigenvalue weighted by molar-refractivity contribution is 5.14. The van der Waals surface area contributed by atoms with Gasteiger partial charge in [-0.3, -0.25) is 0 Å². The van der Waals surface area contributed by atoms with E-state index >= 15 is 0 Å². The number of hydrogen-bond acceptors (Lipinski definition) is 1. The molecule has 1 aromatic carbocycles. The second-order valence-electron chi connectivity index (χ2n) is 4.82. The van der Waals surface area contributed by atoms with E-state index in [9.17, 15) is 0 Å². The van der Waals surface area contributed by atoms with E-state index in [4.69, 9.17) is 0 Å². The summed E-state index contributed by atoms with van der Waals surface area (Å²) >= 11 is 0. The number of benzene rings is 1. The molecule has 90 valence electrons. The average molecular weight is 219 g/mol. The van der Waals surface area contributed by atoms with E-state index in [1.807, 2.05) is 0 Å². The van der Waals surface area contributed by atoms with Crippen molar-refractivity contribution in [2.24, 2.45) is 5.92 Å². The third-order valence-electron chi connectivity index (χ3n) is 3.08. The maximum atomic E-state index is 3.47. The SMILES string of the molecule is CCNC(C)CC(C)CCc1ccccc1. The highest BCUT2D eigenvalue weighted by Crippen LogP contribution is 2.14. The fourth-order valence-corrected chi connectivity index (χ4v) is 2.21. The van der Waals surface area contributed by atoms with Gasteiger partial charge in [0.15, 0.2) is 0 Å². The minimum Gasteiger partial charge on any atom is -0.315 e. The van der Waals surface area contributed by atoms with Crippen LogP contribution in [0.25, 0.3) is 0 Å². The summed E-state index contributed by atoms with van der Waals surface area (Å²) in [6, 6.07) is 11.4. The van der Waals surface area contributed by atoms with Gasteiger partial charge >= 0.3 is 0 Å². The zero-order valence-corrected chi connectivity index (χ0v) is 10.9. The van der Waals surface area contributed by atoms with Gasteiger partial charge in [-0.25, -0.2) is 0 Å². The lowest BCUT2D eigenvalue weighted by Gasteiger charge is -2.17. The van der Waals surface area contributed by atoms with Gasteiger partial charge < -0.3 is 5.32 Å². The molecule has 0 aliphatic carbocycles. The maximum absolute atomic E-state index is 3.47. The van der Waals surface area contributed by atoms with Crippen LogP contribution in [-0.4, -0.2) is 12.6 Å². The van der Waals surface area contributed by atoms with Crippen LogP contribution in [0.4, 0.5) is 0 Å². The van der Waals surface area contributed by atoms with E-state index in [0.717, 1.165) is 12.5 Å². The van der Waals surface area contributed by atoms with Gasteiger partial charge in [-0.15, -0.1) is 0 Å². The molecule has 0 aliphatic rings. The quantitative estimate of drug-likeness (QED) is 0.738. The first kappa shape index (κ1) is 13.2. The Morgan fingerprint density at radius 2 is 1.81 bits per heavy atom. The van der Waals surface area contributed by atoms with Crippen LogP contribution in [0.5, 0.6) is 0 Å². The second kappa shape index (κ2) is 7.45. The first-order valence-electron chi connectivity index (χ1n) is 6.49. The molecule has 1 aromatic rings. The Labute approximate surface area is 100 Å². The molecule has 0 saturated carbocycles. The predicted octanol–water partition coefficient (Wildman–Crippen LogP) is 3.64. The normalized spacial score (nSPS) is 14.7. The summed E-state index contributed by atoms with van der Waals surface area (Å²) in [5.74, 6) is 0.800. The van der Waals surface area contributed by atoms with Crippen molar-refractivity contribution in [3.63, 3.8) is 0 Å². The van der Waals surface area contributed by atoms with Crippen molar-refractivity contribution in [3.05, 3.63) is 35.9 Å². The highest BCUT2D eigenvalue weighted by Gasteiger charge is 2.07. The molecule has 0 amide bonds. The lowest BCUT2D eigenvalue weighted by atomic mass is 9.95. The largest absolute Gasteiger partial charge is 0.315 e. The van der Waals surface area contributed by atoms with Crippen molar-refractivity contribution in [1.82, 2.24) is 5.32 Å². The van der Waals surface area contributed by atoms with Crippen LogP contribution in [0.1, 0.15) is 39.2 Å². The molecule has 0 saturated heterocycles. The molecule has 0 aromatic heterocycles. The van der Waals surface area contributed by atoms with E-state index in [-0.39, 0.29) is 0 Å². The Hall–Kier alpha value is -0.820. The third kappa shape index (κ3) is 5.32. The van der Waals surface area contributed by atoms with Crippen LogP contribution in [0, 0.1) is 5.92 Å². The molecule has 16 heavy (non-hydrogen) atoms. The van der Waals surface area contributed by atoms with Crippen molar-refractivity contribution >= 4 is 0 Å². The average Bonchev–Trinajstić information content (AvgIpc) is 2.28. The van der Waals surface area contributed by atoms with Gasteiger partial charge in [0.05, 0.1) is 0 Å². The lowest BCUT2D eigenvalue weighted by molar-refractivity contribution is 0.408. The Kier molecular flexibility index (Phi) is 6.17. The summed E-state index contributed by atoms with van der Waals surface area (Å²) in [6.45, 7) is 7.89. The maximum Gasteiger partial charge on any atom is 0.00411 e. The van der Waals surface area contributed by atoms with Crippen LogP contribution < -0.4 is 5.32 Å². The Balaban J connectivity index is 2.22. The standard InChI is InChI=1S/C15H25N/c1-4-16-14(3)12-13(2)10-11-15-8-6-5-7-9-15/h5-9,13-14,16H,4,10-12H2,1-3H3. The van der Waals surface area contributed by atoms with E-state index in [0.29, 0.717) is 6.04 Å². The topological polar surface area (TPSA) is 12.0 Å². The fourth-order valence-electron chi connectivity index (χ4n) is 2.21. The van der Waals surface area contributed by atoms with Crippen molar-refractivity contribution < 1.29 is 0 Å². The highest BCUT2D eigenvalue weighted by atomic mass is 14.9. The minimum atomic E-state index is 0.649. The third-order valence-corrected chi connectivity index (χ3v) is 3.08. The van der Waals surface area contributed by atoms with E-state index in [1.54, 1.807) is 0 Å². The van der Waals surface area contributed by atoms with Crippen LogP contribution in [-0.2, 0) is 6.42 Å². The van der Waals surface area contributed by atoms with Gasteiger partial charge in [0.1, 0.15) is 0 Å². The number of nitrogens with one attached hydrogen (secondary N) is 1. The summed E-state index contributed by atoms with van der Waals surface area (Å²) in [5, 5.41) is 3.47. The molecule has 1 nitrogen and oxygen atoms in total. The van der Waals surface area contributed by atoms with Gasteiger partial charge in [-0.2, -0.15) is 0 Å². The Morgan fingerprint density at radius 1 is 1.12 bits per heavy atom. The Bertz CT molecular complexity index is 268. The molecule has 2 unspecified atom stereocenters. The second-order valence-corrected chi connectivity index (χ2v) is 4.82. The number of aryl methyl sites for hydroxylation is 1. The zero-order chi connectivity index (χ0) is 11.8. The number of rotatable bonds is 7. The molecule has 1 heteroatoms. The molecule has 0 spiro atoms. The van der Waals surface area contributed by atoms with Gasteiger partial charge in [-0.05, 0) is 44.2 Å². The predicted molar refractivity (Wildman–Crippen MR) is 71.7 cm³/mol. The van der Waals surface area contributed by atoms with Gasteiger partial charge in [0.2, 0.25) is 0 Å². The summed E-state index contributed by atoms with van der Waals surface area (Å²) in [5.41, 5.74) is 1.46. The van der Waals surface area contributed by atoms with Crippen molar-refractivity contribution in [1.29, 1.82) is 0 Å². The zero-order valence-electron chi connectivity index (χ0n) is 10.9. The molecule has 0 heterocycles. The summed E-state index contributed by atoms with van der Waals surface area (Å²) in [7, 11) is 0. The van der Waals surface area contributed by atoms with Crippen molar-refractivity contribution in [2.75, 3.05) is 6.54 Å². The van der Waals surface area contributed by atoms with Crippen molar-refractivity contribution in [3.8, 4) is 0 Å². The summed E-state index contributed by atoms with van der Waals surface area (Å²) < 4.78 is 0. The van der Waals surface area contributed by atoms with Crippen LogP contribution in [0.2, 0.25) is 0 Å². The molecule has 0 radical (unpaired) electrons. The van der Waals surface area contributed by atoms with E-state index < -0.39 is 0 Å². The number of hydrogen-bond donors (Lipinski definition) is 1. The summed E-state index contributed by atoms with van der Waals surface area (Å²) in [6.07, 6.45) is 3.78. The molecule has 0 fully saturated rings. The molecule has 1 N–H and O–H groups in total. The first-order chi connectivity index (χ1) is 7.72. The van der Waals surface area contributed by atoms with Crippen LogP contribution >= 0.6 is 0 Å². The lowest BCUT2D eigenvalue weighted by Crippen LogP contribution is -2.27. The van der Waals surface area contributed by atoms with Gasteiger partial charge in [-0.1, -0.05) is 44.2 Å². The molecular weight excluding hydrogens is 194 g/mol. The summed E-state index contributed by atoms with van der Waals surface area (Å²) in [4.78, 5) is 0. The molecule has 2 atom stereocenters. The van der Waals surface area contributed by atoms with Crippen LogP contribution in [0.3, 0.4) is 0 Å². The molecule has 0 bridgehead atoms. The fraction of sp³-hybridized carbons (Fsp3) is 0.600. The van der Waals surface area contributed by atoms with E-state index in [2.05, 4.69) is 56.4 Å². The first-order valence-corrected chi connectivity index (χ1v) is 6.49. The van der Waals surface area contributed by atoms with E-state index in [1.165, 1.54) is 24.8 Å². The molecule has 0 aliphatic heterocycles. The molecule has 1 rings (SSSR count). The van der Waals surface area contributed by atoms with Crippen molar-refractivity contribution in [2.45, 2.75) is 46.1 Å². The molecular formula is C15H25N. The van der Waals surface area contributed by atoms with Gasteiger partial charge in [0, 0.05) is 6.04 Å². The smallest absolute Gasteiger partial charge is 0.00411 e. The monoisotopic (exact) mass is 219 g/mol.